The molecular formula is C11H11Br2NO5. The summed E-state index contributed by atoms with van der Waals surface area (Å²) < 4.78 is 1.01. The molecule has 0 bridgehead atoms. The van der Waals surface area contributed by atoms with Crippen molar-refractivity contribution in [3.63, 3.8) is 0 Å². The maximum atomic E-state index is 11.4. The first-order valence-corrected chi connectivity index (χ1v) is 6.43. The van der Waals surface area contributed by atoms with Crippen molar-refractivity contribution < 1.29 is 24.6 Å². The van der Waals surface area contributed by atoms with Crippen molar-refractivity contribution in [2.75, 3.05) is 0 Å². The van der Waals surface area contributed by atoms with Crippen LogP contribution in [0.4, 0.5) is 0 Å². The summed E-state index contributed by atoms with van der Waals surface area (Å²) in [6.45, 7) is 2.31. The summed E-state index contributed by atoms with van der Waals surface area (Å²) in [6, 6.07) is 3.03. The summed E-state index contributed by atoms with van der Waals surface area (Å²) >= 11 is 6.26. The van der Waals surface area contributed by atoms with Gasteiger partial charge in [-0.15, -0.1) is 0 Å². The van der Waals surface area contributed by atoms with Crippen LogP contribution in [-0.2, 0) is 9.59 Å². The van der Waals surface area contributed by atoms with E-state index in [-0.39, 0.29) is 11.3 Å². The van der Waals surface area contributed by atoms with Crippen LogP contribution in [0.2, 0.25) is 0 Å². The third kappa shape index (κ3) is 6.92. The molecule has 0 atom stereocenters. The van der Waals surface area contributed by atoms with Crippen LogP contribution in [0.5, 0.6) is 5.75 Å². The Bertz CT molecular complexity index is 512. The van der Waals surface area contributed by atoms with Crippen LogP contribution in [0.15, 0.2) is 21.1 Å². The fourth-order valence-electron chi connectivity index (χ4n) is 0.966. The number of hydrogen-bond donors (Lipinski definition) is 3. The summed E-state index contributed by atoms with van der Waals surface area (Å²) in [5.41, 5.74) is 0.0338. The molecule has 19 heavy (non-hydrogen) atoms. The Morgan fingerprint density at radius 1 is 1.16 bits per heavy atom. The Morgan fingerprint density at radius 2 is 1.63 bits per heavy atom. The first-order chi connectivity index (χ1) is 8.65. The SMILES string of the molecule is CC(=O)NC(=O)c1cc(Br)cc(Br)c1O.CC(=O)O. The van der Waals surface area contributed by atoms with Gasteiger partial charge < -0.3 is 10.2 Å². The molecule has 0 spiro atoms. The van der Waals surface area contributed by atoms with Crippen LogP contribution >= 0.6 is 31.9 Å². The summed E-state index contributed by atoms with van der Waals surface area (Å²) in [4.78, 5) is 31.1. The van der Waals surface area contributed by atoms with Gasteiger partial charge in [-0.2, -0.15) is 0 Å². The lowest BCUT2D eigenvalue weighted by Crippen LogP contribution is -2.28. The third-order valence-corrected chi connectivity index (χ3v) is 2.62. The van der Waals surface area contributed by atoms with E-state index in [0.717, 1.165) is 6.92 Å². The van der Waals surface area contributed by atoms with Crippen LogP contribution < -0.4 is 5.32 Å². The molecule has 3 N–H and O–H groups in total. The molecule has 0 aromatic heterocycles. The maximum Gasteiger partial charge on any atom is 0.300 e. The second kappa shape index (κ2) is 7.90. The van der Waals surface area contributed by atoms with Gasteiger partial charge in [-0.25, -0.2) is 0 Å². The van der Waals surface area contributed by atoms with Crippen molar-refractivity contribution in [2.24, 2.45) is 0 Å². The number of halogens is 2. The van der Waals surface area contributed by atoms with E-state index in [0.29, 0.717) is 8.95 Å². The number of aromatic hydroxyl groups is 1. The highest BCUT2D eigenvalue weighted by atomic mass is 79.9. The van der Waals surface area contributed by atoms with Crippen LogP contribution in [0.3, 0.4) is 0 Å². The molecule has 104 valence electrons. The standard InChI is InChI=1S/C9H7Br2NO3.C2H4O2/c1-4(13)12-9(15)6-2-5(10)3-7(11)8(6)14;1-2(3)4/h2-3,14H,1H3,(H,12,13,15);1H3,(H,3,4). The van der Waals surface area contributed by atoms with Crippen LogP contribution in [0.25, 0.3) is 0 Å². The van der Waals surface area contributed by atoms with Gasteiger partial charge in [0.25, 0.3) is 11.9 Å². The zero-order valence-corrected chi connectivity index (χ0v) is 13.2. The molecule has 6 nitrogen and oxygen atoms in total. The number of aliphatic carboxylic acids is 1. The van der Waals surface area contributed by atoms with Crippen molar-refractivity contribution in [1.82, 2.24) is 5.32 Å². The minimum Gasteiger partial charge on any atom is -0.506 e. The average molecular weight is 397 g/mol. The topological polar surface area (TPSA) is 104 Å². The molecule has 2 amide bonds. The fraction of sp³-hybridized carbons (Fsp3) is 0.182. The zero-order valence-electron chi connectivity index (χ0n) is 10.0. The number of benzene rings is 1. The molecule has 0 aliphatic heterocycles. The van der Waals surface area contributed by atoms with E-state index in [1.165, 1.54) is 13.0 Å². The predicted molar refractivity (Wildman–Crippen MR) is 75.0 cm³/mol. The van der Waals surface area contributed by atoms with Gasteiger partial charge in [0.1, 0.15) is 5.75 Å². The van der Waals surface area contributed by atoms with Crippen LogP contribution in [0, 0.1) is 0 Å². The van der Waals surface area contributed by atoms with Crippen LogP contribution in [-0.4, -0.2) is 28.0 Å². The van der Waals surface area contributed by atoms with E-state index in [1.807, 2.05) is 0 Å². The lowest BCUT2D eigenvalue weighted by Gasteiger charge is -2.06. The first-order valence-electron chi connectivity index (χ1n) is 4.84. The van der Waals surface area contributed by atoms with Crippen molar-refractivity contribution in [3.05, 3.63) is 26.6 Å². The largest absolute Gasteiger partial charge is 0.506 e. The molecule has 0 heterocycles. The number of carbonyl (C=O) groups excluding carboxylic acids is 2. The molecule has 0 fully saturated rings. The van der Waals surface area contributed by atoms with Gasteiger partial charge in [-0.05, 0) is 28.1 Å². The molecule has 1 aromatic carbocycles. The number of carboxylic acids is 1. The molecule has 1 aromatic rings. The number of carboxylic acid groups (broad SMARTS) is 1. The highest BCUT2D eigenvalue weighted by molar-refractivity contribution is 9.11. The molecule has 8 heteroatoms. The Balaban J connectivity index is 0.000000711. The van der Waals surface area contributed by atoms with Gasteiger partial charge in [-0.1, -0.05) is 15.9 Å². The van der Waals surface area contributed by atoms with E-state index >= 15 is 0 Å². The Labute approximate surface area is 126 Å². The summed E-state index contributed by atoms with van der Waals surface area (Å²) in [5, 5.41) is 19.1. The second-order valence-corrected chi connectivity index (χ2v) is 5.08. The lowest BCUT2D eigenvalue weighted by atomic mass is 10.2. The molecular weight excluding hydrogens is 386 g/mol. The van der Waals surface area contributed by atoms with Crippen molar-refractivity contribution in [2.45, 2.75) is 13.8 Å². The van der Waals surface area contributed by atoms with Gasteiger partial charge in [0.2, 0.25) is 5.91 Å². The predicted octanol–water partition coefficient (Wildman–Crippen LogP) is 2.28. The Hall–Kier alpha value is -1.41. The summed E-state index contributed by atoms with van der Waals surface area (Å²) in [6.07, 6.45) is 0. The van der Waals surface area contributed by atoms with Crippen LogP contribution in [0.1, 0.15) is 24.2 Å². The van der Waals surface area contributed by atoms with Crippen molar-refractivity contribution in [3.8, 4) is 5.75 Å². The Kier molecular flexibility index (Phi) is 7.32. The van der Waals surface area contributed by atoms with Gasteiger partial charge in [-0.3, -0.25) is 19.7 Å². The molecule has 0 saturated heterocycles. The minimum atomic E-state index is -0.833. The highest BCUT2D eigenvalue weighted by Gasteiger charge is 2.15. The molecule has 0 radical (unpaired) electrons. The number of imide groups is 1. The third-order valence-electron chi connectivity index (χ3n) is 1.56. The minimum absolute atomic E-state index is 0.0338. The van der Waals surface area contributed by atoms with Gasteiger partial charge in [0, 0.05) is 18.3 Å². The fourth-order valence-corrected chi connectivity index (χ4v) is 2.19. The van der Waals surface area contributed by atoms with E-state index < -0.39 is 17.8 Å². The average Bonchev–Trinajstić information content (AvgIpc) is 2.21. The summed E-state index contributed by atoms with van der Waals surface area (Å²) in [5.74, 6) is -2.14. The quantitative estimate of drug-likeness (QED) is 0.675. The number of rotatable bonds is 1. The van der Waals surface area contributed by atoms with Gasteiger partial charge in [0.15, 0.2) is 0 Å². The number of phenols is 1. The highest BCUT2D eigenvalue weighted by Crippen LogP contribution is 2.31. The molecule has 1 rings (SSSR count). The molecule has 0 aliphatic carbocycles. The molecule has 0 unspecified atom stereocenters. The molecule has 0 saturated carbocycles. The lowest BCUT2D eigenvalue weighted by molar-refractivity contribution is -0.134. The maximum absolute atomic E-state index is 11.4. The van der Waals surface area contributed by atoms with E-state index in [9.17, 15) is 14.7 Å². The number of phenolic OH excluding ortho intramolecular Hbond substituents is 1. The number of hydrogen-bond acceptors (Lipinski definition) is 4. The number of amides is 2. The van der Waals surface area contributed by atoms with E-state index in [4.69, 9.17) is 9.90 Å². The molecule has 0 aliphatic rings. The Morgan fingerprint density at radius 3 is 2.05 bits per heavy atom. The second-order valence-electron chi connectivity index (χ2n) is 3.31. The number of carbonyl (C=O) groups is 3. The van der Waals surface area contributed by atoms with Crippen molar-refractivity contribution in [1.29, 1.82) is 0 Å². The van der Waals surface area contributed by atoms with Crippen molar-refractivity contribution >= 4 is 49.6 Å². The van der Waals surface area contributed by atoms with Gasteiger partial charge >= 0.3 is 0 Å². The smallest absolute Gasteiger partial charge is 0.300 e. The first kappa shape index (κ1) is 17.6. The van der Waals surface area contributed by atoms with E-state index in [2.05, 4.69) is 37.2 Å². The van der Waals surface area contributed by atoms with Gasteiger partial charge in [0.05, 0.1) is 10.0 Å². The van der Waals surface area contributed by atoms with E-state index in [1.54, 1.807) is 6.07 Å². The monoisotopic (exact) mass is 395 g/mol. The normalized spacial score (nSPS) is 9.05. The zero-order chi connectivity index (χ0) is 15.2. The number of nitrogens with one attached hydrogen (secondary N) is 1. The summed E-state index contributed by atoms with van der Waals surface area (Å²) in [7, 11) is 0.